The van der Waals surface area contributed by atoms with Crippen LogP contribution < -0.4 is 0 Å². The number of aromatic carboxylic acids is 1. The highest BCUT2D eigenvalue weighted by molar-refractivity contribution is 5.91. The molecule has 0 aliphatic carbocycles. The maximum absolute atomic E-state index is 11.2. The number of aromatic nitrogens is 2. The van der Waals surface area contributed by atoms with Gasteiger partial charge >= 0.3 is 5.97 Å². The van der Waals surface area contributed by atoms with Gasteiger partial charge in [0.1, 0.15) is 22.7 Å². The standard InChI is InChI=1S/C20H14N4O3/c25-16-10-9-14(12-15(16)20(26)27)22-23-19-18(13-6-2-1-3-7-13)21-17-8-4-5-11-24(17)19/h1-12,25H,(H,26,27). The molecule has 0 fully saturated rings. The first kappa shape index (κ1) is 16.5. The van der Waals surface area contributed by atoms with Gasteiger partial charge in [-0.2, -0.15) is 0 Å². The maximum Gasteiger partial charge on any atom is 0.339 e. The van der Waals surface area contributed by atoms with Gasteiger partial charge in [-0.05, 0) is 30.3 Å². The zero-order valence-electron chi connectivity index (χ0n) is 14.0. The van der Waals surface area contributed by atoms with Crippen LogP contribution in [-0.2, 0) is 0 Å². The smallest absolute Gasteiger partial charge is 0.339 e. The Morgan fingerprint density at radius 2 is 1.74 bits per heavy atom. The molecular formula is C20H14N4O3. The maximum atomic E-state index is 11.2. The van der Waals surface area contributed by atoms with Crippen LogP contribution in [0.5, 0.6) is 5.75 Å². The van der Waals surface area contributed by atoms with Gasteiger partial charge < -0.3 is 10.2 Å². The number of rotatable bonds is 4. The second-order valence-electron chi connectivity index (χ2n) is 5.79. The van der Waals surface area contributed by atoms with Gasteiger partial charge in [0, 0.05) is 11.8 Å². The molecule has 4 aromatic rings. The largest absolute Gasteiger partial charge is 0.507 e. The molecule has 0 unspecified atom stereocenters. The molecule has 0 aliphatic rings. The summed E-state index contributed by atoms with van der Waals surface area (Å²) in [6, 6.07) is 19.3. The van der Waals surface area contributed by atoms with E-state index >= 15 is 0 Å². The Bertz CT molecular complexity index is 1170. The molecule has 0 spiro atoms. The Labute approximate surface area is 153 Å². The number of fused-ring (bicyclic) bond motifs is 1. The fourth-order valence-corrected chi connectivity index (χ4v) is 2.73. The van der Waals surface area contributed by atoms with Gasteiger partial charge in [-0.1, -0.05) is 36.4 Å². The Balaban J connectivity index is 1.83. The highest BCUT2D eigenvalue weighted by Crippen LogP contribution is 2.32. The van der Waals surface area contributed by atoms with E-state index in [1.807, 2.05) is 59.1 Å². The number of benzene rings is 2. The van der Waals surface area contributed by atoms with Crippen molar-refractivity contribution < 1.29 is 15.0 Å². The van der Waals surface area contributed by atoms with E-state index in [0.29, 0.717) is 17.2 Å². The molecule has 27 heavy (non-hydrogen) atoms. The Hall–Kier alpha value is -4.00. The SMILES string of the molecule is O=C(O)c1cc(N=Nc2c(-c3ccccc3)nc3ccccn23)ccc1O. The lowest BCUT2D eigenvalue weighted by atomic mass is 10.1. The van der Waals surface area contributed by atoms with Crippen molar-refractivity contribution in [3.63, 3.8) is 0 Å². The van der Waals surface area contributed by atoms with Gasteiger partial charge in [-0.3, -0.25) is 4.40 Å². The number of pyridine rings is 1. The fourth-order valence-electron chi connectivity index (χ4n) is 2.73. The molecule has 7 heteroatoms. The number of carboxylic acid groups (broad SMARTS) is 1. The molecule has 0 saturated carbocycles. The van der Waals surface area contributed by atoms with Crippen molar-refractivity contribution >= 4 is 23.1 Å². The Morgan fingerprint density at radius 3 is 2.52 bits per heavy atom. The van der Waals surface area contributed by atoms with Crippen LogP contribution in [0.15, 0.2) is 83.2 Å². The molecule has 4 rings (SSSR count). The number of imidazole rings is 1. The van der Waals surface area contributed by atoms with Crippen LogP contribution >= 0.6 is 0 Å². The van der Waals surface area contributed by atoms with Gasteiger partial charge in [0.25, 0.3) is 0 Å². The third-order valence-electron chi connectivity index (χ3n) is 4.02. The summed E-state index contributed by atoms with van der Waals surface area (Å²) in [6.07, 6.45) is 1.84. The Kier molecular flexibility index (Phi) is 4.10. The molecule has 2 aromatic carbocycles. The van der Waals surface area contributed by atoms with Crippen LogP contribution in [0.3, 0.4) is 0 Å². The van der Waals surface area contributed by atoms with Gasteiger partial charge in [0.15, 0.2) is 5.82 Å². The van der Waals surface area contributed by atoms with Crippen molar-refractivity contribution in [1.29, 1.82) is 0 Å². The van der Waals surface area contributed by atoms with E-state index in [0.717, 1.165) is 11.2 Å². The quantitative estimate of drug-likeness (QED) is 0.511. The van der Waals surface area contributed by atoms with E-state index in [-0.39, 0.29) is 11.3 Å². The monoisotopic (exact) mass is 358 g/mol. The number of aromatic hydroxyl groups is 1. The summed E-state index contributed by atoms with van der Waals surface area (Å²) >= 11 is 0. The number of carbonyl (C=O) groups is 1. The molecule has 132 valence electrons. The average Bonchev–Trinajstić information content (AvgIpc) is 3.06. The van der Waals surface area contributed by atoms with Crippen molar-refractivity contribution in [2.75, 3.05) is 0 Å². The van der Waals surface area contributed by atoms with E-state index in [9.17, 15) is 9.90 Å². The van der Waals surface area contributed by atoms with Crippen molar-refractivity contribution in [2.45, 2.75) is 0 Å². The molecule has 2 N–H and O–H groups in total. The highest BCUT2D eigenvalue weighted by atomic mass is 16.4. The van der Waals surface area contributed by atoms with Crippen molar-refractivity contribution in [1.82, 2.24) is 9.38 Å². The van der Waals surface area contributed by atoms with E-state index in [2.05, 4.69) is 15.2 Å². The number of hydrogen-bond acceptors (Lipinski definition) is 5. The first-order valence-electron chi connectivity index (χ1n) is 8.14. The summed E-state index contributed by atoms with van der Waals surface area (Å²) in [6.45, 7) is 0. The molecule has 0 atom stereocenters. The van der Waals surface area contributed by atoms with E-state index < -0.39 is 5.97 Å². The highest BCUT2D eigenvalue weighted by Gasteiger charge is 2.14. The minimum absolute atomic E-state index is 0.229. The van der Waals surface area contributed by atoms with Crippen molar-refractivity contribution in [2.24, 2.45) is 10.2 Å². The number of azo groups is 1. The van der Waals surface area contributed by atoms with Crippen LogP contribution in [0, 0.1) is 0 Å². The molecule has 7 nitrogen and oxygen atoms in total. The van der Waals surface area contributed by atoms with Crippen LogP contribution in [-0.4, -0.2) is 25.6 Å². The van der Waals surface area contributed by atoms with E-state index in [1.54, 1.807) is 0 Å². The lowest BCUT2D eigenvalue weighted by Crippen LogP contribution is -1.95. The van der Waals surface area contributed by atoms with Crippen LogP contribution in [0.25, 0.3) is 16.9 Å². The summed E-state index contributed by atoms with van der Waals surface area (Å²) < 4.78 is 1.81. The molecular weight excluding hydrogens is 344 g/mol. The fraction of sp³-hybridized carbons (Fsp3) is 0. The lowest BCUT2D eigenvalue weighted by Gasteiger charge is -2.01. The van der Waals surface area contributed by atoms with Gasteiger partial charge in [0.2, 0.25) is 0 Å². The summed E-state index contributed by atoms with van der Waals surface area (Å²) in [7, 11) is 0. The number of nitrogens with zero attached hydrogens (tertiary/aromatic N) is 4. The summed E-state index contributed by atoms with van der Waals surface area (Å²) in [5.41, 5.74) is 2.38. The third kappa shape index (κ3) is 3.13. The molecule has 0 bridgehead atoms. The first-order valence-corrected chi connectivity index (χ1v) is 8.14. The average molecular weight is 358 g/mol. The van der Waals surface area contributed by atoms with Gasteiger partial charge in [-0.25, -0.2) is 9.78 Å². The molecule has 2 heterocycles. The predicted molar refractivity (Wildman–Crippen MR) is 99.9 cm³/mol. The molecule has 0 amide bonds. The second-order valence-corrected chi connectivity index (χ2v) is 5.79. The lowest BCUT2D eigenvalue weighted by molar-refractivity contribution is 0.0694. The normalized spacial score (nSPS) is 11.3. The number of hydrogen-bond donors (Lipinski definition) is 2. The van der Waals surface area contributed by atoms with Crippen LogP contribution in [0.4, 0.5) is 11.5 Å². The van der Waals surface area contributed by atoms with Crippen molar-refractivity contribution in [3.05, 3.63) is 78.5 Å². The zero-order valence-corrected chi connectivity index (χ0v) is 14.0. The molecule has 2 aromatic heterocycles. The Morgan fingerprint density at radius 1 is 0.963 bits per heavy atom. The summed E-state index contributed by atoms with van der Waals surface area (Å²) in [4.78, 5) is 15.8. The first-order chi connectivity index (χ1) is 13.1. The summed E-state index contributed by atoms with van der Waals surface area (Å²) in [5.74, 6) is -1.02. The molecule has 0 saturated heterocycles. The summed E-state index contributed by atoms with van der Waals surface area (Å²) in [5, 5.41) is 27.2. The second kappa shape index (κ2) is 6.72. The molecule has 0 radical (unpaired) electrons. The van der Waals surface area contributed by atoms with Gasteiger partial charge in [0.05, 0.1) is 5.69 Å². The van der Waals surface area contributed by atoms with E-state index in [1.165, 1.54) is 18.2 Å². The minimum atomic E-state index is -1.23. The number of carboxylic acids is 1. The number of phenols is 1. The minimum Gasteiger partial charge on any atom is -0.507 e. The zero-order chi connectivity index (χ0) is 18.8. The van der Waals surface area contributed by atoms with Crippen LogP contribution in [0.1, 0.15) is 10.4 Å². The van der Waals surface area contributed by atoms with Gasteiger partial charge in [-0.15, -0.1) is 10.2 Å². The topological polar surface area (TPSA) is 99.5 Å². The predicted octanol–water partition coefficient (Wildman–Crippen LogP) is 4.82. The van der Waals surface area contributed by atoms with Crippen LogP contribution in [0.2, 0.25) is 0 Å². The molecule has 0 aliphatic heterocycles. The third-order valence-corrected chi connectivity index (χ3v) is 4.02. The van der Waals surface area contributed by atoms with Crippen molar-refractivity contribution in [3.8, 4) is 17.0 Å². The van der Waals surface area contributed by atoms with E-state index in [4.69, 9.17) is 5.11 Å².